The smallest absolute Gasteiger partial charge is 0.329 e. The Hall–Kier alpha value is -3.26. The molecule has 5 rings (SSSR count). The number of aromatic nitrogens is 3. The lowest BCUT2D eigenvalue weighted by Gasteiger charge is -2.45. The summed E-state index contributed by atoms with van der Waals surface area (Å²) >= 11 is 6.09. The molecular formula is C21H18ClFN6O. The molecule has 2 amide bonds. The zero-order valence-corrected chi connectivity index (χ0v) is 16.7. The molecule has 2 bridgehead atoms. The van der Waals surface area contributed by atoms with Gasteiger partial charge in [0.2, 0.25) is 0 Å². The number of pyridine rings is 3. The molecule has 3 aromatic rings. The van der Waals surface area contributed by atoms with Crippen molar-refractivity contribution in [3.8, 4) is 11.3 Å². The van der Waals surface area contributed by atoms with E-state index in [1.807, 2.05) is 12.1 Å². The molecule has 7 nitrogen and oxygen atoms in total. The van der Waals surface area contributed by atoms with Gasteiger partial charge < -0.3 is 4.90 Å². The zero-order chi connectivity index (χ0) is 20.7. The van der Waals surface area contributed by atoms with Gasteiger partial charge in [-0.25, -0.2) is 19.2 Å². The Morgan fingerprint density at radius 2 is 2.10 bits per heavy atom. The second-order valence-electron chi connectivity index (χ2n) is 7.33. The van der Waals surface area contributed by atoms with Gasteiger partial charge in [0.05, 0.1) is 28.6 Å². The van der Waals surface area contributed by atoms with Gasteiger partial charge in [0.15, 0.2) is 5.82 Å². The van der Waals surface area contributed by atoms with Crippen LogP contribution < -0.4 is 15.1 Å². The summed E-state index contributed by atoms with van der Waals surface area (Å²) in [4.78, 5) is 30.0. The second-order valence-corrected chi connectivity index (χ2v) is 7.77. The molecule has 2 aliphatic rings. The third kappa shape index (κ3) is 3.43. The molecule has 1 N–H and O–H groups in total. The van der Waals surface area contributed by atoms with Crippen LogP contribution in [0.1, 0.15) is 12.8 Å². The van der Waals surface area contributed by atoms with Gasteiger partial charge >= 0.3 is 6.03 Å². The molecule has 5 heterocycles. The second kappa shape index (κ2) is 7.53. The maximum absolute atomic E-state index is 13.2. The SMILES string of the molecule is O=C(Nc1ccc(F)cn1)N1c2nc(-c3cncc(Cl)c3)ccc2N2CCC[C@H]1C2. The van der Waals surface area contributed by atoms with Gasteiger partial charge in [-0.1, -0.05) is 11.6 Å². The van der Waals surface area contributed by atoms with E-state index in [2.05, 4.69) is 20.2 Å². The normalized spacial score (nSPS) is 17.5. The summed E-state index contributed by atoms with van der Waals surface area (Å²) in [5.74, 6) is 0.417. The average Bonchev–Trinajstić information content (AvgIpc) is 2.75. The average molecular weight is 425 g/mol. The number of urea groups is 1. The first-order chi connectivity index (χ1) is 14.6. The lowest BCUT2D eigenvalue weighted by Crippen LogP contribution is -2.56. The first-order valence-corrected chi connectivity index (χ1v) is 10.0. The Bertz CT molecular complexity index is 1110. The topological polar surface area (TPSA) is 74.2 Å². The predicted octanol–water partition coefficient (Wildman–Crippen LogP) is 4.35. The van der Waals surface area contributed by atoms with E-state index in [1.165, 1.54) is 12.1 Å². The summed E-state index contributed by atoms with van der Waals surface area (Å²) in [5, 5.41) is 3.29. The summed E-state index contributed by atoms with van der Waals surface area (Å²) in [6.45, 7) is 1.68. The maximum Gasteiger partial charge on any atom is 0.329 e. The van der Waals surface area contributed by atoms with Gasteiger partial charge in [-0.3, -0.25) is 15.2 Å². The number of rotatable bonds is 2. The number of anilines is 3. The summed E-state index contributed by atoms with van der Waals surface area (Å²) in [7, 11) is 0. The zero-order valence-electron chi connectivity index (χ0n) is 15.9. The molecule has 1 atom stereocenters. The van der Waals surface area contributed by atoms with Crippen molar-refractivity contribution in [3.05, 3.63) is 59.8 Å². The number of amides is 2. The van der Waals surface area contributed by atoms with Crippen molar-refractivity contribution in [1.82, 2.24) is 15.0 Å². The molecule has 0 radical (unpaired) electrons. The van der Waals surface area contributed by atoms with Crippen molar-refractivity contribution in [2.45, 2.75) is 18.9 Å². The van der Waals surface area contributed by atoms with Crippen LogP contribution in [0.25, 0.3) is 11.3 Å². The quantitative estimate of drug-likeness (QED) is 0.662. The molecule has 30 heavy (non-hydrogen) atoms. The van der Waals surface area contributed by atoms with E-state index in [9.17, 15) is 9.18 Å². The van der Waals surface area contributed by atoms with Crippen LogP contribution in [0.15, 0.2) is 48.9 Å². The van der Waals surface area contributed by atoms with Crippen molar-refractivity contribution < 1.29 is 9.18 Å². The van der Waals surface area contributed by atoms with Crippen LogP contribution in [0.5, 0.6) is 0 Å². The van der Waals surface area contributed by atoms with Crippen LogP contribution in [0.4, 0.5) is 26.5 Å². The van der Waals surface area contributed by atoms with Crippen molar-refractivity contribution in [1.29, 1.82) is 0 Å². The Morgan fingerprint density at radius 3 is 2.90 bits per heavy atom. The highest BCUT2D eigenvalue weighted by molar-refractivity contribution is 6.30. The fourth-order valence-electron chi connectivity index (χ4n) is 4.02. The molecule has 3 aromatic heterocycles. The molecule has 1 saturated heterocycles. The van der Waals surface area contributed by atoms with Crippen molar-refractivity contribution >= 4 is 35.0 Å². The number of halogens is 2. The largest absolute Gasteiger partial charge is 0.366 e. The number of carbonyl (C=O) groups is 1. The summed E-state index contributed by atoms with van der Waals surface area (Å²) in [6, 6.07) is 8.04. The van der Waals surface area contributed by atoms with E-state index in [0.717, 1.165) is 43.4 Å². The van der Waals surface area contributed by atoms with Gasteiger partial charge in [-0.05, 0) is 43.2 Å². The van der Waals surface area contributed by atoms with Crippen LogP contribution in [-0.4, -0.2) is 40.1 Å². The van der Waals surface area contributed by atoms with Crippen LogP contribution in [0.2, 0.25) is 5.02 Å². The van der Waals surface area contributed by atoms with Crippen LogP contribution >= 0.6 is 11.6 Å². The first kappa shape index (κ1) is 18.7. The molecule has 0 aliphatic carbocycles. The molecule has 0 unspecified atom stereocenters. The van der Waals surface area contributed by atoms with Crippen LogP contribution in [0, 0.1) is 5.82 Å². The number of fused-ring (bicyclic) bond motifs is 4. The number of piperidine rings is 1. The highest BCUT2D eigenvalue weighted by atomic mass is 35.5. The number of carbonyl (C=O) groups excluding carboxylic acids is 1. The summed E-state index contributed by atoms with van der Waals surface area (Å²) < 4.78 is 13.2. The number of hydrogen-bond acceptors (Lipinski definition) is 5. The standard InChI is InChI=1S/C21H18ClFN6O/c22-14-8-13(9-24-10-14)17-4-5-18-20(26-17)29(16-2-1-7-28(18)12-16)21(30)27-19-6-3-15(23)11-25-19/h3-6,8-11,16H,1-2,7,12H2,(H,25,27,30)/t16-/m0/s1. The van der Waals surface area contributed by atoms with Crippen LogP contribution in [-0.2, 0) is 0 Å². The third-order valence-corrected chi connectivity index (χ3v) is 5.57. The molecular weight excluding hydrogens is 407 g/mol. The molecule has 0 spiro atoms. The van der Waals surface area contributed by atoms with E-state index >= 15 is 0 Å². The van der Waals surface area contributed by atoms with E-state index in [4.69, 9.17) is 16.6 Å². The molecule has 152 valence electrons. The fraction of sp³-hybridized carbons (Fsp3) is 0.238. The van der Waals surface area contributed by atoms with E-state index in [1.54, 1.807) is 23.4 Å². The lowest BCUT2D eigenvalue weighted by molar-refractivity contribution is 0.252. The van der Waals surface area contributed by atoms with Crippen molar-refractivity contribution in [3.63, 3.8) is 0 Å². The summed E-state index contributed by atoms with van der Waals surface area (Å²) in [5.41, 5.74) is 2.37. The highest BCUT2D eigenvalue weighted by Gasteiger charge is 2.38. The van der Waals surface area contributed by atoms with Gasteiger partial charge in [-0.2, -0.15) is 0 Å². The Labute approximate surface area is 177 Å². The Morgan fingerprint density at radius 1 is 1.20 bits per heavy atom. The van der Waals surface area contributed by atoms with Crippen LogP contribution in [0.3, 0.4) is 0 Å². The molecule has 1 fully saturated rings. The van der Waals surface area contributed by atoms with Gasteiger partial charge in [-0.15, -0.1) is 0 Å². The van der Waals surface area contributed by atoms with E-state index in [0.29, 0.717) is 16.5 Å². The van der Waals surface area contributed by atoms with Crippen molar-refractivity contribution in [2.24, 2.45) is 0 Å². The van der Waals surface area contributed by atoms with E-state index < -0.39 is 5.82 Å². The third-order valence-electron chi connectivity index (χ3n) is 5.37. The monoisotopic (exact) mass is 424 g/mol. The van der Waals surface area contributed by atoms with Crippen molar-refractivity contribution in [2.75, 3.05) is 28.2 Å². The Balaban J connectivity index is 1.54. The fourth-order valence-corrected chi connectivity index (χ4v) is 4.19. The van der Waals surface area contributed by atoms with E-state index in [-0.39, 0.29) is 17.9 Å². The number of nitrogens with one attached hydrogen (secondary N) is 1. The molecule has 9 heteroatoms. The number of nitrogens with zero attached hydrogens (tertiary/aromatic N) is 5. The molecule has 0 saturated carbocycles. The minimum Gasteiger partial charge on any atom is -0.366 e. The predicted molar refractivity (Wildman–Crippen MR) is 113 cm³/mol. The maximum atomic E-state index is 13.2. The minimum absolute atomic E-state index is 0.00747. The number of hydrogen-bond donors (Lipinski definition) is 1. The minimum atomic E-state index is -0.458. The summed E-state index contributed by atoms with van der Waals surface area (Å²) in [6.07, 6.45) is 6.20. The molecule has 0 aromatic carbocycles. The highest BCUT2D eigenvalue weighted by Crippen LogP contribution is 2.39. The molecule has 2 aliphatic heterocycles. The lowest BCUT2D eigenvalue weighted by atomic mass is 9.99. The Kier molecular flexibility index (Phi) is 4.71. The first-order valence-electron chi connectivity index (χ1n) is 9.67. The van der Waals surface area contributed by atoms with Gasteiger partial charge in [0.1, 0.15) is 11.6 Å². The van der Waals surface area contributed by atoms with Gasteiger partial charge in [0, 0.05) is 31.0 Å². The van der Waals surface area contributed by atoms with Gasteiger partial charge in [0.25, 0.3) is 0 Å².